The maximum absolute atomic E-state index is 15.2. The van der Waals surface area contributed by atoms with Gasteiger partial charge in [0.1, 0.15) is 110 Å². The van der Waals surface area contributed by atoms with Crippen molar-refractivity contribution in [2.75, 3.05) is 33.0 Å². The SMILES string of the molecule is C[C@H]1O[C@@H](O[C@@H]2[C@@H](O[C@H]3CC[C@@]4(C)[C@@H](CC[C@]5(C)[C@@H]4CC[C@@H]4[C@H]6CC(C)(C)CC[C@]6(C(=O)O[C@@H]6O[C@@H](CO)[C@@H](O[C@H]7O[C@H](CO)[C@@H](O)[C@H](O)[C@H]7O)[C@H](O)[C@H]6O)CC[C@]45C)[C@]3(C)CO)OC[C@@H](O)[C@H]2O)[C@@H](O)[C@@H](O[C@@H]2O[C@H](CO)[C@@H](O)[C@H](O)[C@H]2O)[C@@H]1O. The zero-order chi connectivity index (χ0) is 62.7. The molecule has 16 N–H and O–H groups in total. The Bertz CT molecular complexity index is 2320. The van der Waals surface area contributed by atoms with E-state index in [1.165, 1.54) is 6.92 Å². The molecule has 5 aliphatic heterocycles. The molecule has 0 spiro atoms. The molecule has 5 heterocycles. The quantitative estimate of drug-likeness (QED) is 0.0593. The van der Waals surface area contributed by atoms with Crippen LogP contribution >= 0.6 is 0 Å². The molecule has 5 saturated carbocycles. The summed E-state index contributed by atoms with van der Waals surface area (Å²) in [6, 6.07) is 0. The molecular weight excluding hydrogens is 1140 g/mol. The van der Waals surface area contributed by atoms with E-state index >= 15 is 4.79 Å². The highest BCUT2D eigenvalue weighted by Crippen LogP contribution is 2.77. The first-order valence-electron chi connectivity index (χ1n) is 31.1. The van der Waals surface area contributed by atoms with Crippen LogP contribution in [0.2, 0.25) is 0 Å². The fourth-order valence-electron chi connectivity index (χ4n) is 18.5. The number of aliphatic hydroxyl groups excluding tert-OH is 16. The third-order valence-electron chi connectivity index (χ3n) is 23.9. The average Bonchev–Trinajstić information content (AvgIpc) is 0.694. The number of ether oxygens (including phenoxy) is 10. The molecular formula is C59H98O27. The van der Waals surface area contributed by atoms with Crippen molar-refractivity contribution in [2.45, 2.75) is 273 Å². The van der Waals surface area contributed by atoms with Crippen molar-refractivity contribution in [3.63, 3.8) is 0 Å². The summed E-state index contributed by atoms with van der Waals surface area (Å²) in [5, 5.41) is 173. The lowest BCUT2D eigenvalue weighted by Gasteiger charge is -2.73. The number of hydrogen-bond acceptors (Lipinski definition) is 27. The molecule has 0 bridgehead atoms. The fraction of sp³-hybridized carbons (Fsp3) is 0.983. The van der Waals surface area contributed by atoms with Gasteiger partial charge in [-0.15, -0.1) is 0 Å². The van der Waals surface area contributed by atoms with Gasteiger partial charge in [0.25, 0.3) is 0 Å². The summed E-state index contributed by atoms with van der Waals surface area (Å²) in [6.07, 6.45) is -32.5. The van der Waals surface area contributed by atoms with E-state index in [-0.39, 0.29) is 58.5 Å². The monoisotopic (exact) mass is 1240 g/mol. The van der Waals surface area contributed by atoms with Gasteiger partial charge in [-0.05, 0) is 123 Å². The Morgan fingerprint density at radius 2 is 1.02 bits per heavy atom. The molecule has 0 aromatic rings. The molecule has 10 rings (SSSR count). The molecule has 34 atom stereocenters. The van der Waals surface area contributed by atoms with Crippen molar-refractivity contribution in [3.8, 4) is 0 Å². The van der Waals surface area contributed by atoms with Crippen LogP contribution in [0, 0.1) is 56.2 Å². The summed E-state index contributed by atoms with van der Waals surface area (Å²) < 4.78 is 59.8. The Balaban J connectivity index is 0.835. The number of rotatable bonds is 14. The van der Waals surface area contributed by atoms with E-state index in [1.807, 2.05) is 6.92 Å². The van der Waals surface area contributed by atoms with Crippen LogP contribution in [0.3, 0.4) is 0 Å². The first-order chi connectivity index (χ1) is 40.4. The van der Waals surface area contributed by atoms with E-state index in [0.717, 1.165) is 32.1 Å². The maximum atomic E-state index is 15.2. The summed E-state index contributed by atoms with van der Waals surface area (Å²) in [5.41, 5.74) is -2.86. The molecule has 0 amide bonds. The van der Waals surface area contributed by atoms with Gasteiger partial charge in [0, 0.05) is 5.41 Å². The van der Waals surface area contributed by atoms with Gasteiger partial charge in [0.05, 0.1) is 50.7 Å². The summed E-state index contributed by atoms with van der Waals surface area (Å²) in [7, 11) is 0. The number of esters is 1. The minimum Gasteiger partial charge on any atom is -0.432 e. The largest absolute Gasteiger partial charge is 0.432 e. The Kier molecular flexibility index (Phi) is 19.6. The molecule has 0 unspecified atom stereocenters. The normalized spacial score (nSPS) is 55.7. The van der Waals surface area contributed by atoms with E-state index in [9.17, 15) is 81.7 Å². The van der Waals surface area contributed by atoms with Crippen molar-refractivity contribution in [2.24, 2.45) is 56.2 Å². The van der Waals surface area contributed by atoms with E-state index in [4.69, 9.17) is 47.4 Å². The van der Waals surface area contributed by atoms with E-state index < -0.39 is 190 Å². The molecule has 5 aliphatic carbocycles. The van der Waals surface area contributed by atoms with E-state index in [0.29, 0.717) is 38.5 Å². The molecule has 5 saturated heterocycles. The molecule has 0 aromatic carbocycles. The highest BCUT2D eigenvalue weighted by molar-refractivity contribution is 5.78. The van der Waals surface area contributed by atoms with Gasteiger partial charge in [-0.25, -0.2) is 0 Å². The standard InChI is InChI=1S/C59H98O27/c1-24-34(65)46(84-49-42(73)39(70)37(68)29(20-61)80-49)44(75)51(78-24)85-47-35(66)27(64)22-77-52(47)82-33-11-12-55(4)31(56(33,5)23-63)10-13-58(7)32(55)9-8-25-26-18-54(2,3)14-16-59(26,17-15-57(25,58)6)53(76)86-50-43(74)40(71)45(30(21-62)81-50)83-48-41(72)38(69)36(67)28(19-60)79-48/h24-52,60-75H,8-23H2,1-7H3/t24-,25-,26-,27-,28-,29-,30+,31-,32-,33+,34-,35-,36-,37-,38+,39+,40-,41-,42-,43-,44+,45-,46+,47+,48-,49+,50+,51+,52-,55+,56+,57-,58-,59+/m1/s1. The van der Waals surface area contributed by atoms with Crippen LogP contribution in [0.25, 0.3) is 0 Å². The number of carbonyl (C=O) groups excluding carboxylic acids is 1. The zero-order valence-electron chi connectivity index (χ0n) is 50.2. The minimum atomic E-state index is -1.89. The average molecular weight is 1240 g/mol. The van der Waals surface area contributed by atoms with Crippen molar-refractivity contribution < 1.29 is 134 Å². The molecule has 86 heavy (non-hydrogen) atoms. The van der Waals surface area contributed by atoms with Crippen molar-refractivity contribution in [3.05, 3.63) is 0 Å². The molecule has 0 aromatic heterocycles. The lowest BCUT2D eigenvalue weighted by molar-refractivity contribution is -0.383. The predicted molar refractivity (Wildman–Crippen MR) is 289 cm³/mol. The van der Waals surface area contributed by atoms with Crippen LogP contribution in [0.4, 0.5) is 0 Å². The van der Waals surface area contributed by atoms with Crippen LogP contribution in [-0.4, -0.2) is 274 Å². The van der Waals surface area contributed by atoms with Crippen LogP contribution in [-0.2, 0) is 52.2 Å². The fourth-order valence-corrected chi connectivity index (χ4v) is 18.5. The van der Waals surface area contributed by atoms with Gasteiger partial charge >= 0.3 is 5.97 Å². The number of fused-ring (bicyclic) bond motifs is 7. The van der Waals surface area contributed by atoms with Gasteiger partial charge in [-0.2, -0.15) is 0 Å². The maximum Gasteiger partial charge on any atom is 0.314 e. The lowest BCUT2D eigenvalue weighted by atomic mass is 9.31. The van der Waals surface area contributed by atoms with Crippen LogP contribution in [0.1, 0.15) is 119 Å². The second-order valence-electron chi connectivity index (χ2n) is 28.9. The number of hydrogen-bond donors (Lipinski definition) is 16. The highest BCUT2D eigenvalue weighted by Gasteiger charge is 2.72. The Hall–Kier alpha value is -1.53. The Labute approximate surface area is 500 Å². The Morgan fingerprint density at radius 3 is 1.63 bits per heavy atom. The van der Waals surface area contributed by atoms with Gasteiger partial charge in [0.15, 0.2) is 25.2 Å². The summed E-state index contributed by atoms with van der Waals surface area (Å²) in [4.78, 5) is 15.2. The zero-order valence-corrected chi connectivity index (χ0v) is 50.2. The van der Waals surface area contributed by atoms with Crippen LogP contribution in [0.5, 0.6) is 0 Å². The van der Waals surface area contributed by atoms with E-state index in [2.05, 4.69) is 34.6 Å². The van der Waals surface area contributed by atoms with Crippen molar-refractivity contribution in [1.82, 2.24) is 0 Å². The number of aliphatic hydroxyl groups is 16. The molecule has 27 heteroatoms. The number of carbonyl (C=O) groups is 1. The second-order valence-corrected chi connectivity index (χ2v) is 28.9. The van der Waals surface area contributed by atoms with Crippen LogP contribution < -0.4 is 0 Å². The smallest absolute Gasteiger partial charge is 0.314 e. The molecule has 10 fully saturated rings. The second kappa shape index (κ2) is 25.1. The first kappa shape index (κ1) is 67.4. The summed E-state index contributed by atoms with van der Waals surface area (Å²) >= 11 is 0. The van der Waals surface area contributed by atoms with Crippen LogP contribution in [0.15, 0.2) is 0 Å². The highest BCUT2D eigenvalue weighted by atomic mass is 16.8. The van der Waals surface area contributed by atoms with Gasteiger partial charge < -0.3 is 129 Å². The molecule has 27 nitrogen and oxygen atoms in total. The van der Waals surface area contributed by atoms with Gasteiger partial charge in [0.2, 0.25) is 6.29 Å². The lowest BCUT2D eigenvalue weighted by Crippen LogP contribution is -2.69. The molecule has 496 valence electrons. The van der Waals surface area contributed by atoms with Crippen molar-refractivity contribution >= 4 is 5.97 Å². The van der Waals surface area contributed by atoms with Gasteiger partial charge in [-0.1, -0.05) is 41.5 Å². The summed E-state index contributed by atoms with van der Waals surface area (Å²) in [6.45, 7) is 12.1. The Morgan fingerprint density at radius 1 is 0.465 bits per heavy atom. The van der Waals surface area contributed by atoms with Gasteiger partial charge in [-0.3, -0.25) is 4.79 Å². The van der Waals surface area contributed by atoms with Crippen molar-refractivity contribution in [1.29, 1.82) is 0 Å². The van der Waals surface area contributed by atoms with E-state index in [1.54, 1.807) is 0 Å². The predicted octanol–water partition coefficient (Wildman–Crippen LogP) is -3.49. The topological polar surface area (TPSA) is 433 Å². The molecule has 0 radical (unpaired) electrons. The third-order valence-corrected chi connectivity index (χ3v) is 23.9. The minimum absolute atomic E-state index is 0.0626. The first-order valence-corrected chi connectivity index (χ1v) is 31.1. The summed E-state index contributed by atoms with van der Waals surface area (Å²) in [5.74, 6) is -0.581. The third kappa shape index (κ3) is 11.2. The molecule has 10 aliphatic rings.